The van der Waals surface area contributed by atoms with E-state index in [1.165, 1.54) is 0 Å². The normalized spacial score (nSPS) is 23.4. The molecule has 1 rings (SSSR count). The molecule has 0 spiro atoms. The summed E-state index contributed by atoms with van der Waals surface area (Å²) in [6.45, 7) is 1.15. The molecule has 82 valence electrons. The average molecular weight is 202 g/mol. The molecular weight excluding hydrogens is 184 g/mol. The van der Waals surface area contributed by atoms with Crippen LogP contribution in [0.4, 0.5) is 0 Å². The SMILES string of the molecule is COCC(CO)NC(=O)[C@H]1CCCN1. The molecule has 0 aliphatic carbocycles. The zero-order valence-corrected chi connectivity index (χ0v) is 8.45. The third-order valence-electron chi connectivity index (χ3n) is 2.31. The van der Waals surface area contributed by atoms with Gasteiger partial charge in [0.15, 0.2) is 0 Å². The second kappa shape index (κ2) is 5.95. The van der Waals surface area contributed by atoms with Gasteiger partial charge in [-0.25, -0.2) is 0 Å². The van der Waals surface area contributed by atoms with Crippen LogP contribution in [0.15, 0.2) is 0 Å². The van der Waals surface area contributed by atoms with E-state index in [-0.39, 0.29) is 24.6 Å². The first-order valence-corrected chi connectivity index (χ1v) is 4.91. The van der Waals surface area contributed by atoms with Crippen LogP contribution in [0.1, 0.15) is 12.8 Å². The van der Waals surface area contributed by atoms with Crippen LogP contribution in [0.25, 0.3) is 0 Å². The molecule has 14 heavy (non-hydrogen) atoms. The van der Waals surface area contributed by atoms with Gasteiger partial charge in [0.1, 0.15) is 0 Å². The largest absolute Gasteiger partial charge is 0.394 e. The highest BCUT2D eigenvalue weighted by molar-refractivity contribution is 5.82. The summed E-state index contributed by atoms with van der Waals surface area (Å²) in [6, 6.07) is -0.393. The molecular formula is C9H18N2O3. The van der Waals surface area contributed by atoms with E-state index in [0.717, 1.165) is 19.4 Å². The highest BCUT2D eigenvalue weighted by atomic mass is 16.5. The van der Waals surface area contributed by atoms with E-state index in [2.05, 4.69) is 10.6 Å². The molecule has 1 saturated heterocycles. The molecule has 1 amide bonds. The van der Waals surface area contributed by atoms with Crippen molar-refractivity contribution < 1.29 is 14.6 Å². The predicted molar refractivity (Wildman–Crippen MR) is 51.9 cm³/mol. The number of aliphatic hydroxyl groups excluding tert-OH is 1. The van der Waals surface area contributed by atoms with Crippen molar-refractivity contribution in [3.8, 4) is 0 Å². The molecule has 1 aliphatic rings. The van der Waals surface area contributed by atoms with E-state index in [1.807, 2.05) is 0 Å². The second-order valence-electron chi connectivity index (χ2n) is 3.49. The number of hydrogen-bond donors (Lipinski definition) is 3. The summed E-state index contributed by atoms with van der Waals surface area (Å²) >= 11 is 0. The number of methoxy groups -OCH3 is 1. The van der Waals surface area contributed by atoms with E-state index in [1.54, 1.807) is 7.11 Å². The fourth-order valence-corrected chi connectivity index (χ4v) is 1.55. The van der Waals surface area contributed by atoms with Crippen molar-refractivity contribution in [2.75, 3.05) is 26.9 Å². The fraction of sp³-hybridized carbons (Fsp3) is 0.889. The van der Waals surface area contributed by atoms with Crippen molar-refractivity contribution in [3.05, 3.63) is 0 Å². The van der Waals surface area contributed by atoms with Gasteiger partial charge in [-0.1, -0.05) is 0 Å². The van der Waals surface area contributed by atoms with E-state index in [4.69, 9.17) is 9.84 Å². The molecule has 0 aromatic carbocycles. The van der Waals surface area contributed by atoms with Gasteiger partial charge in [0.2, 0.25) is 5.91 Å². The zero-order valence-electron chi connectivity index (χ0n) is 8.45. The lowest BCUT2D eigenvalue weighted by Crippen LogP contribution is -2.48. The van der Waals surface area contributed by atoms with Crippen LogP contribution in [0.2, 0.25) is 0 Å². The number of carbonyl (C=O) groups excluding carboxylic acids is 1. The molecule has 5 nitrogen and oxygen atoms in total. The quantitative estimate of drug-likeness (QED) is 0.527. The zero-order chi connectivity index (χ0) is 10.4. The summed E-state index contributed by atoms with van der Waals surface area (Å²) in [7, 11) is 1.54. The average Bonchev–Trinajstić information content (AvgIpc) is 2.69. The summed E-state index contributed by atoms with van der Waals surface area (Å²) < 4.78 is 4.86. The number of hydrogen-bond acceptors (Lipinski definition) is 4. The topological polar surface area (TPSA) is 70.6 Å². The molecule has 2 atom stereocenters. The fourth-order valence-electron chi connectivity index (χ4n) is 1.55. The Morgan fingerprint density at radius 2 is 2.57 bits per heavy atom. The van der Waals surface area contributed by atoms with Gasteiger partial charge in [-0.3, -0.25) is 4.79 Å². The van der Waals surface area contributed by atoms with Gasteiger partial charge >= 0.3 is 0 Å². The molecule has 0 aromatic rings. The van der Waals surface area contributed by atoms with Crippen molar-refractivity contribution in [3.63, 3.8) is 0 Å². The monoisotopic (exact) mass is 202 g/mol. The molecule has 0 bridgehead atoms. The van der Waals surface area contributed by atoms with Gasteiger partial charge in [-0.2, -0.15) is 0 Å². The van der Waals surface area contributed by atoms with Crippen molar-refractivity contribution in [2.45, 2.75) is 24.9 Å². The van der Waals surface area contributed by atoms with Crippen molar-refractivity contribution in [1.82, 2.24) is 10.6 Å². The Bertz CT molecular complexity index is 181. The Hall–Kier alpha value is -0.650. The molecule has 1 heterocycles. The molecule has 5 heteroatoms. The minimum atomic E-state index is -0.296. The Morgan fingerprint density at radius 1 is 1.79 bits per heavy atom. The minimum Gasteiger partial charge on any atom is -0.394 e. The summed E-state index contributed by atoms with van der Waals surface area (Å²) in [5, 5.41) is 14.8. The Balaban J connectivity index is 2.29. The van der Waals surface area contributed by atoms with Crippen molar-refractivity contribution >= 4 is 5.91 Å². The third kappa shape index (κ3) is 3.25. The number of carbonyl (C=O) groups is 1. The Labute approximate surface area is 83.8 Å². The third-order valence-corrected chi connectivity index (χ3v) is 2.31. The lowest BCUT2D eigenvalue weighted by molar-refractivity contribution is -0.124. The second-order valence-corrected chi connectivity index (χ2v) is 3.49. The van der Waals surface area contributed by atoms with Crippen molar-refractivity contribution in [2.24, 2.45) is 0 Å². The van der Waals surface area contributed by atoms with Gasteiger partial charge in [0, 0.05) is 7.11 Å². The van der Waals surface area contributed by atoms with Gasteiger partial charge in [-0.15, -0.1) is 0 Å². The Morgan fingerprint density at radius 3 is 3.07 bits per heavy atom. The molecule has 0 aromatic heterocycles. The lowest BCUT2D eigenvalue weighted by atomic mass is 10.2. The molecule has 1 unspecified atom stereocenters. The molecule has 1 fully saturated rings. The first kappa shape index (κ1) is 11.4. The number of ether oxygens (including phenoxy) is 1. The first-order valence-electron chi connectivity index (χ1n) is 4.91. The van der Waals surface area contributed by atoms with Crippen LogP contribution >= 0.6 is 0 Å². The number of aliphatic hydroxyl groups is 1. The van der Waals surface area contributed by atoms with E-state index in [9.17, 15) is 4.79 Å². The molecule has 3 N–H and O–H groups in total. The van der Waals surface area contributed by atoms with Gasteiger partial charge < -0.3 is 20.5 Å². The van der Waals surface area contributed by atoms with Crippen LogP contribution in [0.5, 0.6) is 0 Å². The van der Waals surface area contributed by atoms with Gasteiger partial charge in [0.05, 0.1) is 25.3 Å². The van der Waals surface area contributed by atoms with Gasteiger partial charge in [0.25, 0.3) is 0 Å². The highest BCUT2D eigenvalue weighted by Crippen LogP contribution is 2.04. The van der Waals surface area contributed by atoms with Crippen LogP contribution in [-0.2, 0) is 9.53 Å². The maximum atomic E-state index is 11.5. The molecule has 0 saturated carbocycles. The number of amides is 1. The van der Waals surface area contributed by atoms with E-state index < -0.39 is 0 Å². The van der Waals surface area contributed by atoms with Gasteiger partial charge in [-0.05, 0) is 19.4 Å². The maximum absolute atomic E-state index is 11.5. The molecule has 0 radical (unpaired) electrons. The van der Waals surface area contributed by atoms with E-state index >= 15 is 0 Å². The Kier molecular flexibility index (Phi) is 4.86. The minimum absolute atomic E-state index is 0.0430. The predicted octanol–water partition coefficient (Wildman–Crippen LogP) is -1.14. The van der Waals surface area contributed by atoms with Crippen LogP contribution < -0.4 is 10.6 Å². The standard InChI is InChI=1S/C9H18N2O3/c1-14-6-7(5-12)11-9(13)8-3-2-4-10-8/h7-8,10,12H,2-6H2,1H3,(H,11,13)/t7?,8-/m1/s1. The number of rotatable bonds is 5. The lowest BCUT2D eigenvalue weighted by Gasteiger charge is -2.18. The van der Waals surface area contributed by atoms with Crippen LogP contribution in [0, 0.1) is 0 Å². The number of nitrogens with one attached hydrogen (secondary N) is 2. The van der Waals surface area contributed by atoms with Crippen LogP contribution in [-0.4, -0.2) is 50.0 Å². The molecule has 1 aliphatic heterocycles. The smallest absolute Gasteiger partial charge is 0.237 e. The summed E-state index contributed by atoms with van der Waals surface area (Å²) in [5.41, 5.74) is 0. The first-order chi connectivity index (χ1) is 6.77. The van der Waals surface area contributed by atoms with E-state index in [0.29, 0.717) is 6.61 Å². The highest BCUT2D eigenvalue weighted by Gasteiger charge is 2.23. The maximum Gasteiger partial charge on any atom is 0.237 e. The summed E-state index contributed by atoms with van der Waals surface area (Å²) in [6.07, 6.45) is 1.91. The van der Waals surface area contributed by atoms with Crippen molar-refractivity contribution in [1.29, 1.82) is 0 Å². The summed E-state index contributed by atoms with van der Waals surface area (Å²) in [4.78, 5) is 11.5. The summed E-state index contributed by atoms with van der Waals surface area (Å²) in [5.74, 6) is -0.0430. The van der Waals surface area contributed by atoms with Crippen LogP contribution in [0.3, 0.4) is 0 Å².